The number of nitrogens with zero attached hydrogens (tertiary/aromatic N) is 2. The minimum absolute atomic E-state index is 0.274. The first-order chi connectivity index (χ1) is 10.2. The van der Waals surface area contributed by atoms with Crippen LogP contribution in [0.1, 0.15) is 48.3 Å². The van der Waals surface area contributed by atoms with E-state index in [2.05, 4.69) is 15.5 Å². The van der Waals surface area contributed by atoms with E-state index < -0.39 is 5.97 Å². The largest absolute Gasteiger partial charge is 0.478 e. The molecule has 2 rings (SSSR count). The van der Waals surface area contributed by atoms with Gasteiger partial charge in [-0.25, -0.2) is 4.79 Å². The molecular weight excluding hydrogens is 270 g/mol. The third-order valence-electron chi connectivity index (χ3n) is 3.96. The Kier molecular flexibility index (Phi) is 5.50. The smallest absolute Gasteiger partial charge is 0.339 e. The van der Waals surface area contributed by atoms with E-state index in [1.807, 2.05) is 13.8 Å². The molecule has 0 aliphatic carbocycles. The number of hydrogen-bond donors (Lipinski definition) is 2. The van der Waals surface area contributed by atoms with Gasteiger partial charge in [0.1, 0.15) is 5.56 Å². The Bertz CT molecular complexity index is 499. The van der Waals surface area contributed by atoms with Crippen molar-refractivity contribution in [3.63, 3.8) is 0 Å². The van der Waals surface area contributed by atoms with Crippen molar-refractivity contribution in [1.82, 2.24) is 10.2 Å². The maximum atomic E-state index is 11.6. The van der Waals surface area contributed by atoms with Gasteiger partial charge in [-0.2, -0.15) is 5.10 Å². The van der Waals surface area contributed by atoms with Gasteiger partial charge in [-0.05, 0) is 37.2 Å². The number of rotatable bonds is 6. The van der Waals surface area contributed by atoms with Crippen LogP contribution in [0.4, 0.5) is 5.82 Å². The summed E-state index contributed by atoms with van der Waals surface area (Å²) in [5, 5.41) is 21.0. The topological polar surface area (TPSA) is 84.3 Å². The molecular formula is C15H23N3O3. The number of anilines is 1. The molecule has 1 fully saturated rings. The molecule has 1 saturated heterocycles. The molecule has 2 heterocycles. The van der Waals surface area contributed by atoms with Gasteiger partial charge < -0.3 is 15.2 Å². The zero-order valence-corrected chi connectivity index (χ0v) is 12.7. The molecule has 1 aromatic heterocycles. The van der Waals surface area contributed by atoms with E-state index in [1.165, 1.54) is 0 Å². The predicted molar refractivity (Wildman–Crippen MR) is 79.8 cm³/mol. The highest BCUT2D eigenvalue weighted by atomic mass is 16.5. The molecule has 6 heteroatoms. The van der Waals surface area contributed by atoms with Gasteiger partial charge in [-0.3, -0.25) is 0 Å². The summed E-state index contributed by atoms with van der Waals surface area (Å²) in [4.78, 5) is 11.6. The first-order valence-electron chi connectivity index (χ1n) is 7.60. The minimum atomic E-state index is -0.939. The van der Waals surface area contributed by atoms with Gasteiger partial charge in [0.2, 0.25) is 0 Å². The van der Waals surface area contributed by atoms with Gasteiger partial charge in [0.05, 0.1) is 5.69 Å². The van der Waals surface area contributed by atoms with Crippen molar-refractivity contribution in [3.05, 3.63) is 16.8 Å². The van der Waals surface area contributed by atoms with Gasteiger partial charge in [-0.1, -0.05) is 13.8 Å². The van der Waals surface area contributed by atoms with Crippen LogP contribution in [0.25, 0.3) is 0 Å². The molecule has 6 nitrogen and oxygen atoms in total. The summed E-state index contributed by atoms with van der Waals surface area (Å²) in [7, 11) is 0. The molecule has 2 N–H and O–H groups in total. The molecule has 0 atom stereocenters. The SMILES string of the molecule is CCc1nnc(NCC2CCOCC2)c(C(=O)O)c1CC. The van der Waals surface area contributed by atoms with Crippen molar-refractivity contribution in [2.45, 2.75) is 39.5 Å². The summed E-state index contributed by atoms with van der Waals surface area (Å²) in [6.07, 6.45) is 3.33. The van der Waals surface area contributed by atoms with Crippen molar-refractivity contribution in [3.8, 4) is 0 Å². The van der Waals surface area contributed by atoms with E-state index in [9.17, 15) is 9.90 Å². The molecule has 1 aliphatic rings. The van der Waals surface area contributed by atoms with E-state index in [-0.39, 0.29) is 5.56 Å². The maximum absolute atomic E-state index is 11.6. The Labute approximate surface area is 124 Å². The standard InChI is InChI=1S/C15H23N3O3/c1-3-11-12(4-2)17-18-14(13(11)15(19)20)16-9-10-5-7-21-8-6-10/h10H,3-9H2,1-2H3,(H,16,18)(H,19,20). The fraction of sp³-hybridized carbons (Fsp3) is 0.667. The number of hydrogen-bond acceptors (Lipinski definition) is 5. The maximum Gasteiger partial charge on any atom is 0.339 e. The molecule has 0 saturated carbocycles. The molecule has 0 aromatic carbocycles. The Balaban J connectivity index is 2.19. The highest BCUT2D eigenvalue weighted by molar-refractivity contribution is 5.95. The van der Waals surface area contributed by atoms with Crippen LogP contribution in [0, 0.1) is 5.92 Å². The zero-order valence-electron chi connectivity index (χ0n) is 12.7. The van der Waals surface area contributed by atoms with Crippen LogP contribution in [0.3, 0.4) is 0 Å². The molecule has 0 unspecified atom stereocenters. The monoisotopic (exact) mass is 293 g/mol. The van der Waals surface area contributed by atoms with E-state index in [0.717, 1.165) is 37.3 Å². The molecule has 0 bridgehead atoms. The summed E-state index contributed by atoms with van der Waals surface area (Å²) in [5.74, 6) is -0.0490. The number of aromatic carboxylic acids is 1. The molecule has 1 aliphatic heterocycles. The second kappa shape index (κ2) is 7.36. The van der Waals surface area contributed by atoms with Gasteiger partial charge in [0.15, 0.2) is 5.82 Å². The van der Waals surface area contributed by atoms with Crippen molar-refractivity contribution in [1.29, 1.82) is 0 Å². The number of ether oxygens (including phenoxy) is 1. The fourth-order valence-electron chi connectivity index (χ4n) is 2.72. The van der Waals surface area contributed by atoms with Crippen LogP contribution in [0.2, 0.25) is 0 Å². The fourth-order valence-corrected chi connectivity index (χ4v) is 2.72. The summed E-state index contributed by atoms with van der Waals surface area (Å²) in [6, 6.07) is 0. The third-order valence-corrected chi connectivity index (χ3v) is 3.96. The highest BCUT2D eigenvalue weighted by Crippen LogP contribution is 2.22. The van der Waals surface area contributed by atoms with Crippen molar-refractivity contribution >= 4 is 11.8 Å². The molecule has 0 spiro atoms. The van der Waals surface area contributed by atoms with Crippen LogP contribution in [0.15, 0.2) is 0 Å². The number of carboxylic acid groups (broad SMARTS) is 1. The Hall–Kier alpha value is -1.69. The average Bonchev–Trinajstić information content (AvgIpc) is 2.52. The van der Waals surface area contributed by atoms with Gasteiger partial charge in [-0.15, -0.1) is 5.10 Å². The van der Waals surface area contributed by atoms with Crippen molar-refractivity contribution in [2.75, 3.05) is 25.1 Å². The quantitative estimate of drug-likeness (QED) is 0.836. The van der Waals surface area contributed by atoms with Crippen LogP contribution < -0.4 is 5.32 Å². The number of carboxylic acids is 1. The second-order valence-corrected chi connectivity index (χ2v) is 5.30. The normalized spacial score (nSPS) is 15.9. The van der Waals surface area contributed by atoms with Gasteiger partial charge >= 0.3 is 5.97 Å². The minimum Gasteiger partial charge on any atom is -0.478 e. The highest BCUT2D eigenvalue weighted by Gasteiger charge is 2.21. The van der Waals surface area contributed by atoms with E-state index >= 15 is 0 Å². The van der Waals surface area contributed by atoms with Crippen LogP contribution >= 0.6 is 0 Å². The summed E-state index contributed by atoms with van der Waals surface area (Å²) in [6.45, 7) is 6.18. The van der Waals surface area contributed by atoms with Gasteiger partial charge in [0, 0.05) is 19.8 Å². The van der Waals surface area contributed by atoms with E-state index in [1.54, 1.807) is 0 Å². The lowest BCUT2D eigenvalue weighted by molar-refractivity contribution is 0.0687. The molecule has 116 valence electrons. The first kappa shape index (κ1) is 15.7. The lowest BCUT2D eigenvalue weighted by Gasteiger charge is -2.23. The lowest BCUT2D eigenvalue weighted by atomic mass is 9.99. The van der Waals surface area contributed by atoms with Crippen molar-refractivity contribution in [2.24, 2.45) is 5.92 Å². The summed E-state index contributed by atoms with van der Waals surface area (Å²) in [5.41, 5.74) is 1.83. The van der Waals surface area contributed by atoms with Crippen LogP contribution in [0.5, 0.6) is 0 Å². The van der Waals surface area contributed by atoms with Crippen LogP contribution in [-0.4, -0.2) is 41.0 Å². The van der Waals surface area contributed by atoms with E-state index in [0.29, 0.717) is 31.1 Å². The molecule has 1 aromatic rings. The van der Waals surface area contributed by atoms with Crippen molar-refractivity contribution < 1.29 is 14.6 Å². The number of carbonyl (C=O) groups is 1. The Morgan fingerprint density at radius 3 is 2.57 bits per heavy atom. The third kappa shape index (κ3) is 3.69. The molecule has 0 radical (unpaired) electrons. The second-order valence-electron chi connectivity index (χ2n) is 5.30. The van der Waals surface area contributed by atoms with Crippen LogP contribution in [-0.2, 0) is 17.6 Å². The van der Waals surface area contributed by atoms with Gasteiger partial charge in [0.25, 0.3) is 0 Å². The Morgan fingerprint density at radius 2 is 2.00 bits per heavy atom. The predicted octanol–water partition coefficient (Wildman–Crippen LogP) is 2.14. The molecule has 21 heavy (non-hydrogen) atoms. The Morgan fingerprint density at radius 1 is 1.29 bits per heavy atom. The number of nitrogens with one attached hydrogen (secondary N) is 1. The lowest BCUT2D eigenvalue weighted by Crippen LogP contribution is -2.24. The first-order valence-corrected chi connectivity index (χ1v) is 7.60. The zero-order chi connectivity index (χ0) is 15.2. The average molecular weight is 293 g/mol. The summed E-state index contributed by atoms with van der Waals surface area (Å²) >= 11 is 0. The summed E-state index contributed by atoms with van der Waals surface area (Å²) < 4.78 is 5.33. The van der Waals surface area contributed by atoms with E-state index in [4.69, 9.17) is 4.74 Å². The molecule has 0 amide bonds. The number of aromatic nitrogens is 2. The number of aryl methyl sites for hydroxylation is 1.